The van der Waals surface area contributed by atoms with Crippen molar-refractivity contribution in [1.29, 1.82) is 0 Å². The Balaban J connectivity index is 1.58. The van der Waals surface area contributed by atoms with Gasteiger partial charge in [-0.1, -0.05) is 42.1 Å². The molecule has 1 amide bonds. The van der Waals surface area contributed by atoms with E-state index in [0.717, 1.165) is 27.1 Å². The monoisotopic (exact) mass is 354 g/mol. The normalized spacial score (nSPS) is 10.8. The van der Waals surface area contributed by atoms with Crippen LogP contribution in [0.2, 0.25) is 0 Å². The number of thioether (sulfide) groups is 1. The summed E-state index contributed by atoms with van der Waals surface area (Å²) in [7, 11) is 0. The third-order valence-corrected chi connectivity index (χ3v) is 4.89. The summed E-state index contributed by atoms with van der Waals surface area (Å²) in [6.45, 7) is 4.08. The number of carbonyl (C=O) groups excluding carboxylic acids is 1. The second-order valence-electron chi connectivity index (χ2n) is 5.94. The van der Waals surface area contributed by atoms with Crippen LogP contribution in [-0.2, 0) is 11.3 Å². The molecule has 0 saturated heterocycles. The molecule has 0 fully saturated rings. The molecular weight excluding hydrogens is 335 g/mol. The number of halogens is 1. The van der Waals surface area contributed by atoms with Crippen molar-refractivity contribution in [2.45, 2.75) is 25.4 Å². The first-order valence-electron chi connectivity index (χ1n) is 8.04. The number of hydrogen-bond donors (Lipinski definition) is 1. The molecule has 0 radical (unpaired) electrons. The summed E-state index contributed by atoms with van der Waals surface area (Å²) in [5.74, 6) is -0.0744. The van der Waals surface area contributed by atoms with Crippen LogP contribution in [0.4, 0.5) is 4.39 Å². The second kappa shape index (κ2) is 7.66. The summed E-state index contributed by atoms with van der Waals surface area (Å²) in [6, 6.07) is 14.9. The number of fused-ring (bicyclic) bond motifs is 1. The maximum absolute atomic E-state index is 13.5. The molecule has 0 spiro atoms. The number of rotatable bonds is 5. The van der Waals surface area contributed by atoms with Crippen LogP contribution in [0, 0.1) is 19.7 Å². The van der Waals surface area contributed by atoms with Crippen LogP contribution >= 0.6 is 11.8 Å². The van der Waals surface area contributed by atoms with Crippen LogP contribution in [-0.4, -0.2) is 16.6 Å². The number of aromatic nitrogens is 1. The van der Waals surface area contributed by atoms with Crippen LogP contribution in [0.5, 0.6) is 0 Å². The fourth-order valence-electron chi connectivity index (χ4n) is 2.53. The molecule has 0 aliphatic heterocycles. The topological polar surface area (TPSA) is 42.0 Å². The zero-order chi connectivity index (χ0) is 17.8. The van der Waals surface area contributed by atoms with Crippen LogP contribution < -0.4 is 5.32 Å². The quantitative estimate of drug-likeness (QED) is 0.691. The molecule has 0 atom stereocenters. The molecular formula is C20H19FN2OS. The van der Waals surface area contributed by atoms with Crippen molar-refractivity contribution in [1.82, 2.24) is 10.3 Å². The number of hydrogen-bond acceptors (Lipinski definition) is 3. The first kappa shape index (κ1) is 17.4. The van der Waals surface area contributed by atoms with Crippen molar-refractivity contribution in [2.24, 2.45) is 0 Å². The highest BCUT2D eigenvalue weighted by Gasteiger charge is 2.07. The molecule has 1 heterocycles. The molecule has 0 aliphatic rings. The summed E-state index contributed by atoms with van der Waals surface area (Å²) in [6.07, 6.45) is 0. The lowest BCUT2D eigenvalue weighted by atomic mass is 10.1. The Morgan fingerprint density at radius 2 is 1.92 bits per heavy atom. The Hall–Kier alpha value is -2.40. The van der Waals surface area contributed by atoms with Gasteiger partial charge < -0.3 is 5.32 Å². The van der Waals surface area contributed by atoms with Gasteiger partial charge in [-0.05, 0) is 48.7 Å². The van der Waals surface area contributed by atoms with Crippen LogP contribution in [0.25, 0.3) is 10.9 Å². The van der Waals surface area contributed by atoms with E-state index >= 15 is 0 Å². The third kappa shape index (κ3) is 4.37. The average molecular weight is 354 g/mol. The zero-order valence-electron chi connectivity index (χ0n) is 14.2. The van der Waals surface area contributed by atoms with Crippen molar-refractivity contribution in [3.63, 3.8) is 0 Å². The maximum atomic E-state index is 13.5. The number of aryl methyl sites for hydroxylation is 2. The number of para-hydroxylation sites is 1. The molecule has 0 aliphatic carbocycles. The van der Waals surface area contributed by atoms with Crippen LogP contribution in [0.15, 0.2) is 53.6 Å². The SMILES string of the molecule is Cc1ccc(CNC(=O)CSc2cc(C)c3ccccc3n2)cc1F. The summed E-state index contributed by atoms with van der Waals surface area (Å²) >= 11 is 1.40. The Morgan fingerprint density at radius 1 is 1.12 bits per heavy atom. The van der Waals surface area contributed by atoms with E-state index in [1.807, 2.05) is 43.3 Å². The van der Waals surface area contributed by atoms with Crippen molar-refractivity contribution >= 4 is 28.6 Å². The van der Waals surface area contributed by atoms with E-state index in [-0.39, 0.29) is 17.5 Å². The van der Waals surface area contributed by atoms with Gasteiger partial charge in [0.25, 0.3) is 0 Å². The van der Waals surface area contributed by atoms with Gasteiger partial charge in [0.2, 0.25) is 5.91 Å². The van der Waals surface area contributed by atoms with Crippen molar-refractivity contribution in [2.75, 3.05) is 5.75 Å². The fraction of sp³-hybridized carbons (Fsp3) is 0.200. The van der Waals surface area contributed by atoms with Gasteiger partial charge in [0.05, 0.1) is 16.3 Å². The number of benzene rings is 2. The van der Waals surface area contributed by atoms with Gasteiger partial charge in [0, 0.05) is 11.9 Å². The number of nitrogens with zero attached hydrogens (tertiary/aromatic N) is 1. The smallest absolute Gasteiger partial charge is 0.230 e. The lowest BCUT2D eigenvalue weighted by molar-refractivity contribution is -0.118. The minimum Gasteiger partial charge on any atom is -0.351 e. The number of nitrogens with one attached hydrogen (secondary N) is 1. The fourth-order valence-corrected chi connectivity index (χ4v) is 3.33. The lowest BCUT2D eigenvalue weighted by Crippen LogP contribution is -2.24. The van der Waals surface area contributed by atoms with Crippen molar-refractivity contribution in [3.8, 4) is 0 Å². The van der Waals surface area contributed by atoms with Crippen molar-refractivity contribution < 1.29 is 9.18 Å². The van der Waals surface area contributed by atoms with Gasteiger partial charge in [0.15, 0.2) is 0 Å². The summed E-state index contributed by atoms with van der Waals surface area (Å²) in [4.78, 5) is 16.6. The predicted octanol–water partition coefficient (Wildman–Crippen LogP) is 4.40. The first-order valence-corrected chi connectivity index (χ1v) is 9.02. The highest BCUT2D eigenvalue weighted by molar-refractivity contribution is 7.99. The number of amides is 1. The molecule has 128 valence electrons. The van der Waals surface area contributed by atoms with Gasteiger partial charge in [-0.3, -0.25) is 4.79 Å². The zero-order valence-corrected chi connectivity index (χ0v) is 15.0. The molecule has 0 unspecified atom stereocenters. The van der Waals surface area contributed by atoms with Gasteiger partial charge in [-0.15, -0.1) is 0 Å². The lowest BCUT2D eigenvalue weighted by Gasteiger charge is -2.08. The van der Waals surface area contributed by atoms with E-state index in [0.29, 0.717) is 12.1 Å². The minimum atomic E-state index is -0.253. The predicted molar refractivity (Wildman–Crippen MR) is 100 cm³/mol. The second-order valence-corrected chi connectivity index (χ2v) is 6.94. The number of pyridine rings is 1. The van der Waals surface area contributed by atoms with E-state index < -0.39 is 0 Å². The molecule has 3 aromatic rings. The number of carbonyl (C=O) groups is 1. The van der Waals surface area contributed by atoms with E-state index in [1.165, 1.54) is 17.8 Å². The molecule has 3 nitrogen and oxygen atoms in total. The third-order valence-electron chi connectivity index (χ3n) is 3.98. The highest BCUT2D eigenvalue weighted by Crippen LogP contribution is 2.23. The van der Waals surface area contributed by atoms with Gasteiger partial charge in [-0.25, -0.2) is 9.37 Å². The largest absolute Gasteiger partial charge is 0.351 e. The standard InChI is InChI=1S/C20H19FN2OS/c1-13-7-8-15(10-17(13)21)11-22-19(24)12-25-20-9-14(2)16-5-3-4-6-18(16)23-20/h3-10H,11-12H2,1-2H3,(H,22,24). The van der Waals surface area contributed by atoms with E-state index in [9.17, 15) is 9.18 Å². The highest BCUT2D eigenvalue weighted by atomic mass is 32.2. The minimum absolute atomic E-state index is 0.0985. The Kier molecular flexibility index (Phi) is 5.34. The maximum Gasteiger partial charge on any atom is 0.230 e. The first-order chi connectivity index (χ1) is 12.0. The molecule has 0 bridgehead atoms. The van der Waals surface area contributed by atoms with Crippen LogP contribution in [0.3, 0.4) is 0 Å². The molecule has 2 aromatic carbocycles. The van der Waals surface area contributed by atoms with Crippen LogP contribution in [0.1, 0.15) is 16.7 Å². The van der Waals surface area contributed by atoms with Crippen molar-refractivity contribution in [3.05, 3.63) is 71.0 Å². The Labute approximate surface area is 150 Å². The summed E-state index contributed by atoms with van der Waals surface area (Å²) < 4.78 is 13.5. The molecule has 0 saturated carbocycles. The Morgan fingerprint density at radius 3 is 2.72 bits per heavy atom. The van der Waals surface area contributed by atoms with Gasteiger partial charge in [0.1, 0.15) is 5.82 Å². The summed E-state index contributed by atoms with van der Waals surface area (Å²) in [5.41, 5.74) is 3.42. The molecule has 1 N–H and O–H groups in total. The average Bonchev–Trinajstić information content (AvgIpc) is 2.61. The molecule has 1 aromatic heterocycles. The molecule has 5 heteroatoms. The molecule has 3 rings (SSSR count). The Bertz CT molecular complexity index is 927. The van der Waals surface area contributed by atoms with Gasteiger partial charge >= 0.3 is 0 Å². The van der Waals surface area contributed by atoms with E-state index in [2.05, 4.69) is 10.3 Å². The molecule has 25 heavy (non-hydrogen) atoms. The summed E-state index contributed by atoms with van der Waals surface area (Å²) in [5, 5.41) is 4.76. The van der Waals surface area contributed by atoms with Gasteiger partial charge in [-0.2, -0.15) is 0 Å². The van der Waals surface area contributed by atoms with E-state index in [4.69, 9.17) is 0 Å². The van der Waals surface area contributed by atoms with E-state index in [1.54, 1.807) is 13.0 Å².